The van der Waals surface area contributed by atoms with Crippen LogP contribution in [-0.2, 0) is 17.8 Å². The largest absolute Gasteiger partial charge is 0.467 e. The fourth-order valence-electron chi connectivity index (χ4n) is 3.65. The Labute approximate surface area is 148 Å². The van der Waals surface area contributed by atoms with Gasteiger partial charge in [-0.25, -0.2) is 4.98 Å². The molecule has 0 atom stereocenters. The summed E-state index contributed by atoms with van der Waals surface area (Å²) in [6, 6.07) is 0.619. The van der Waals surface area contributed by atoms with Crippen molar-refractivity contribution in [2.75, 3.05) is 19.6 Å². The number of rotatable bonds is 4. The molecule has 3 aliphatic rings. The first kappa shape index (κ1) is 16.3. The third-order valence-electron chi connectivity index (χ3n) is 5.42. The van der Waals surface area contributed by atoms with Gasteiger partial charge in [0.05, 0.1) is 17.1 Å². The minimum absolute atomic E-state index is 0.289. The molecular formula is C18H27N3O2S. The standard InChI is InChI=1S/C18H27N3O2S/c1-12(2)20-8-5-14(6-9-20)23-18-19-15-7-10-21(11-16(15)24-18)17(22)13-3-4-13/h12-14H,3-11H2,1-2H3. The lowest BCUT2D eigenvalue weighted by atomic mass is 10.1. The number of hydrogen-bond acceptors (Lipinski definition) is 5. The first-order chi connectivity index (χ1) is 11.6. The molecule has 5 nitrogen and oxygen atoms in total. The SMILES string of the molecule is CC(C)N1CCC(Oc2nc3c(s2)CN(C(=O)C2CC2)CC3)CC1. The predicted octanol–water partition coefficient (Wildman–Crippen LogP) is 2.69. The molecule has 3 heterocycles. The Morgan fingerprint density at radius 2 is 1.96 bits per heavy atom. The molecule has 0 aromatic carbocycles. The van der Waals surface area contributed by atoms with Gasteiger partial charge >= 0.3 is 0 Å². The second-order valence-electron chi connectivity index (χ2n) is 7.58. The van der Waals surface area contributed by atoms with E-state index in [0.717, 1.165) is 69.2 Å². The van der Waals surface area contributed by atoms with Gasteiger partial charge in [0.1, 0.15) is 6.10 Å². The van der Waals surface area contributed by atoms with Crippen LogP contribution in [0.1, 0.15) is 50.1 Å². The summed E-state index contributed by atoms with van der Waals surface area (Å²) in [6.45, 7) is 8.28. The Kier molecular flexibility index (Phi) is 4.52. The lowest BCUT2D eigenvalue weighted by Gasteiger charge is -2.34. The van der Waals surface area contributed by atoms with Crippen LogP contribution in [0.4, 0.5) is 0 Å². The summed E-state index contributed by atoms with van der Waals surface area (Å²) in [5.41, 5.74) is 1.15. The molecule has 0 radical (unpaired) electrons. The number of fused-ring (bicyclic) bond motifs is 1. The molecular weight excluding hydrogens is 322 g/mol. The van der Waals surface area contributed by atoms with Gasteiger partial charge in [-0.15, -0.1) is 0 Å². The van der Waals surface area contributed by atoms with Crippen molar-refractivity contribution in [2.45, 2.75) is 64.6 Å². The summed E-state index contributed by atoms with van der Waals surface area (Å²) in [5, 5.41) is 0.809. The van der Waals surface area contributed by atoms with Gasteiger partial charge in [0, 0.05) is 38.0 Å². The molecule has 4 rings (SSSR count). The van der Waals surface area contributed by atoms with Crippen molar-refractivity contribution < 1.29 is 9.53 Å². The van der Waals surface area contributed by atoms with Gasteiger partial charge in [-0.2, -0.15) is 0 Å². The fourth-order valence-corrected chi connectivity index (χ4v) is 4.69. The average molecular weight is 350 g/mol. The zero-order chi connectivity index (χ0) is 16.7. The molecule has 1 aromatic rings. The monoisotopic (exact) mass is 349 g/mol. The zero-order valence-electron chi connectivity index (χ0n) is 14.7. The fraction of sp³-hybridized carbons (Fsp3) is 0.778. The van der Waals surface area contributed by atoms with Crippen LogP contribution in [0, 0.1) is 5.92 Å². The molecule has 2 aliphatic heterocycles. The summed E-state index contributed by atoms with van der Waals surface area (Å²) >= 11 is 1.65. The van der Waals surface area contributed by atoms with Crippen LogP contribution in [0.5, 0.6) is 5.19 Å². The second-order valence-corrected chi connectivity index (χ2v) is 8.63. The number of carbonyl (C=O) groups is 1. The number of piperidine rings is 1. The first-order valence-electron chi connectivity index (χ1n) is 9.28. The number of aromatic nitrogens is 1. The number of likely N-dealkylation sites (tertiary alicyclic amines) is 1. The van der Waals surface area contributed by atoms with Crippen molar-refractivity contribution in [3.63, 3.8) is 0 Å². The van der Waals surface area contributed by atoms with Crippen LogP contribution in [0.3, 0.4) is 0 Å². The number of nitrogens with zero attached hydrogens (tertiary/aromatic N) is 3. The summed E-state index contributed by atoms with van der Waals surface area (Å²) < 4.78 is 6.17. The number of hydrogen-bond donors (Lipinski definition) is 0. The lowest BCUT2D eigenvalue weighted by Crippen LogP contribution is -2.41. The maximum Gasteiger partial charge on any atom is 0.273 e. The Morgan fingerprint density at radius 3 is 2.62 bits per heavy atom. The highest BCUT2D eigenvalue weighted by molar-refractivity contribution is 7.13. The highest BCUT2D eigenvalue weighted by Gasteiger charge is 2.35. The van der Waals surface area contributed by atoms with E-state index in [1.807, 2.05) is 4.90 Å². The molecule has 1 amide bonds. The molecule has 2 fully saturated rings. The third-order valence-corrected chi connectivity index (χ3v) is 6.40. The summed E-state index contributed by atoms with van der Waals surface area (Å²) in [5.74, 6) is 0.652. The van der Waals surface area contributed by atoms with E-state index in [-0.39, 0.29) is 6.10 Å². The van der Waals surface area contributed by atoms with Gasteiger partial charge in [0.25, 0.3) is 5.19 Å². The van der Waals surface area contributed by atoms with Gasteiger partial charge in [0.15, 0.2) is 0 Å². The minimum atomic E-state index is 0.289. The molecule has 1 aromatic heterocycles. The highest BCUT2D eigenvalue weighted by Crippen LogP contribution is 2.35. The number of amides is 1. The molecule has 1 saturated heterocycles. The highest BCUT2D eigenvalue weighted by atomic mass is 32.1. The van der Waals surface area contributed by atoms with E-state index < -0.39 is 0 Å². The number of carbonyl (C=O) groups excluding carboxylic acids is 1. The van der Waals surface area contributed by atoms with Gasteiger partial charge in [-0.05, 0) is 39.5 Å². The van der Waals surface area contributed by atoms with Crippen LogP contribution in [0.15, 0.2) is 0 Å². The maximum atomic E-state index is 12.3. The zero-order valence-corrected chi connectivity index (χ0v) is 15.5. The molecule has 1 saturated carbocycles. The van der Waals surface area contributed by atoms with E-state index in [1.165, 1.54) is 4.88 Å². The van der Waals surface area contributed by atoms with E-state index in [4.69, 9.17) is 9.72 Å². The topological polar surface area (TPSA) is 45.7 Å². The normalized spacial score (nSPS) is 22.7. The Morgan fingerprint density at radius 1 is 1.21 bits per heavy atom. The van der Waals surface area contributed by atoms with Gasteiger partial charge in [-0.1, -0.05) is 11.3 Å². The van der Waals surface area contributed by atoms with Crippen molar-refractivity contribution in [1.82, 2.24) is 14.8 Å². The van der Waals surface area contributed by atoms with Gasteiger partial charge in [-0.3, -0.25) is 4.79 Å². The Hall–Kier alpha value is -1.14. The molecule has 0 unspecified atom stereocenters. The van der Waals surface area contributed by atoms with Gasteiger partial charge in [0.2, 0.25) is 5.91 Å². The van der Waals surface area contributed by atoms with Crippen molar-refractivity contribution in [1.29, 1.82) is 0 Å². The molecule has 0 bridgehead atoms. The van der Waals surface area contributed by atoms with Crippen molar-refractivity contribution >= 4 is 17.2 Å². The van der Waals surface area contributed by atoms with Crippen LogP contribution < -0.4 is 4.74 Å². The van der Waals surface area contributed by atoms with E-state index in [2.05, 4.69) is 18.7 Å². The molecule has 132 valence electrons. The van der Waals surface area contributed by atoms with E-state index >= 15 is 0 Å². The van der Waals surface area contributed by atoms with E-state index in [1.54, 1.807) is 11.3 Å². The third kappa shape index (κ3) is 3.45. The lowest BCUT2D eigenvalue weighted by molar-refractivity contribution is -0.133. The second kappa shape index (κ2) is 6.64. The molecule has 0 N–H and O–H groups in total. The number of thiazole rings is 1. The maximum absolute atomic E-state index is 12.3. The summed E-state index contributed by atoms with van der Waals surface area (Å²) in [6.07, 6.45) is 5.47. The smallest absolute Gasteiger partial charge is 0.273 e. The van der Waals surface area contributed by atoms with Crippen molar-refractivity contribution in [2.24, 2.45) is 5.92 Å². The van der Waals surface area contributed by atoms with Crippen molar-refractivity contribution in [3.8, 4) is 5.19 Å². The number of ether oxygens (including phenoxy) is 1. The predicted molar refractivity (Wildman–Crippen MR) is 94.3 cm³/mol. The van der Waals surface area contributed by atoms with E-state index in [0.29, 0.717) is 17.9 Å². The summed E-state index contributed by atoms with van der Waals surface area (Å²) in [7, 11) is 0. The quantitative estimate of drug-likeness (QED) is 0.838. The van der Waals surface area contributed by atoms with Crippen LogP contribution in [-0.4, -0.2) is 52.5 Å². The van der Waals surface area contributed by atoms with Crippen LogP contribution in [0.2, 0.25) is 0 Å². The van der Waals surface area contributed by atoms with Crippen LogP contribution in [0.25, 0.3) is 0 Å². The molecule has 6 heteroatoms. The first-order valence-corrected chi connectivity index (χ1v) is 10.1. The molecule has 24 heavy (non-hydrogen) atoms. The Balaban J connectivity index is 1.34. The van der Waals surface area contributed by atoms with E-state index in [9.17, 15) is 4.79 Å². The summed E-state index contributed by atoms with van der Waals surface area (Å²) in [4.78, 5) is 22.7. The molecule has 0 spiro atoms. The minimum Gasteiger partial charge on any atom is -0.467 e. The van der Waals surface area contributed by atoms with Gasteiger partial charge < -0.3 is 14.5 Å². The molecule has 1 aliphatic carbocycles. The van der Waals surface area contributed by atoms with Crippen molar-refractivity contribution in [3.05, 3.63) is 10.6 Å². The Bertz CT molecular complexity index is 603. The average Bonchev–Trinajstić information content (AvgIpc) is 3.34. The van der Waals surface area contributed by atoms with Crippen LogP contribution >= 0.6 is 11.3 Å².